The summed E-state index contributed by atoms with van der Waals surface area (Å²) in [7, 11) is -3.70. The number of esters is 1. The fourth-order valence-electron chi connectivity index (χ4n) is 3.57. The van der Waals surface area contributed by atoms with Gasteiger partial charge in [0.25, 0.3) is 5.91 Å². The van der Waals surface area contributed by atoms with E-state index in [1.807, 2.05) is 24.3 Å². The zero-order valence-corrected chi connectivity index (χ0v) is 18.2. The predicted molar refractivity (Wildman–Crippen MR) is 114 cm³/mol. The Kier molecular flexibility index (Phi) is 6.58. The Morgan fingerprint density at radius 2 is 1.80 bits per heavy atom. The van der Waals surface area contributed by atoms with E-state index in [1.54, 1.807) is 31.7 Å². The summed E-state index contributed by atoms with van der Waals surface area (Å²) in [5.41, 5.74) is 2.64. The lowest BCUT2D eigenvalue weighted by Crippen LogP contribution is -2.33. The van der Waals surface area contributed by atoms with E-state index < -0.39 is 22.6 Å². The summed E-state index contributed by atoms with van der Waals surface area (Å²) in [5.74, 6) is -1.03. The molecule has 1 amide bonds. The molecule has 0 radical (unpaired) electrons. The number of benzene rings is 2. The van der Waals surface area contributed by atoms with Crippen LogP contribution in [0.3, 0.4) is 0 Å². The fraction of sp³-hybridized carbons (Fsp3) is 0.364. The fourth-order valence-corrected chi connectivity index (χ4v) is 5.06. The van der Waals surface area contributed by atoms with Gasteiger partial charge in [-0.3, -0.25) is 4.79 Å². The highest BCUT2D eigenvalue weighted by atomic mass is 32.2. The van der Waals surface area contributed by atoms with E-state index in [0.717, 1.165) is 17.7 Å². The van der Waals surface area contributed by atoms with Gasteiger partial charge in [0, 0.05) is 25.3 Å². The molecule has 2 aromatic carbocycles. The third kappa shape index (κ3) is 4.24. The maximum Gasteiger partial charge on any atom is 0.338 e. The van der Waals surface area contributed by atoms with Crippen molar-refractivity contribution in [2.45, 2.75) is 32.1 Å². The molecule has 0 saturated carbocycles. The average Bonchev–Trinajstić information content (AvgIpc) is 3.17. The van der Waals surface area contributed by atoms with Gasteiger partial charge in [0.1, 0.15) is 0 Å². The Balaban J connectivity index is 1.74. The van der Waals surface area contributed by atoms with Crippen LogP contribution in [0, 0.1) is 6.92 Å². The van der Waals surface area contributed by atoms with E-state index in [2.05, 4.69) is 0 Å². The van der Waals surface area contributed by atoms with Gasteiger partial charge in [-0.15, -0.1) is 0 Å². The van der Waals surface area contributed by atoms with Crippen LogP contribution in [0.25, 0.3) is 0 Å². The summed E-state index contributed by atoms with van der Waals surface area (Å²) in [5, 5.41) is 0. The summed E-state index contributed by atoms with van der Waals surface area (Å²) in [6.45, 7) is 6.02. The van der Waals surface area contributed by atoms with E-state index in [1.165, 1.54) is 16.4 Å². The normalized spacial score (nSPS) is 13.4. The van der Waals surface area contributed by atoms with Crippen molar-refractivity contribution >= 4 is 27.6 Å². The number of amides is 1. The number of hydrogen-bond acceptors (Lipinski definition) is 5. The number of aryl methyl sites for hydroxylation is 1. The first-order valence-electron chi connectivity index (χ1n) is 9.95. The van der Waals surface area contributed by atoms with Crippen LogP contribution in [-0.4, -0.2) is 50.8 Å². The molecule has 2 aromatic rings. The number of para-hydroxylation sites is 1. The lowest BCUT2D eigenvalue weighted by atomic mass is 10.1. The monoisotopic (exact) mass is 430 g/mol. The Labute approximate surface area is 177 Å². The van der Waals surface area contributed by atoms with Crippen molar-refractivity contribution < 1.29 is 22.7 Å². The second-order valence-corrected chi connectivity index (χ2v) is 9.00. The van der Waals surface area contributed by atoms with Crippen molar-refractivity contribution in [1.82, 2.24) is 4.31 Å². The van der Waals surface area contributed by atoms with Crippen LogP contribution in [0.1, 0.15) is 35.3 Å². The molecule has 1 aliphatic heterocycles. The predicted octanol–water partition coefficient (Wildman–Crippen LogP) is 2.77. The lowest BCUT2D eigenvalue weighted by Gasteiger charge is -2.19. The van der Waals surface area contributed by atoms with Crippen LogP contribution in [0.5, 0.6) is 0 Å². The minimum atomic E-state index is -3.70. The van der Waals surface area contributed by atoms with Crippen molar-refractivity contribution in [3.05, 3.63) is 59.2 Å². The first-order chi connectivity index (χ1) is 14.3. The van der Waals surface area contributed by atoms with Gasteiger partial charge < -0.3 is 9.64 Å². The molecular weight excluding hydrogens is 404 g/mol. The highest BCUT2D eigenvalue weighted by Crippen LogP contribution is 2.27. The van der Waals surface area contributed by atoms with Crippen molar-refractivity contribution in [2.75, 3.05) is 31.1 Å². The number of rotatable bonds is 7. The van der Waals surface area contributed by atoms with Gasteiger partial charge in [-0.25, -0.2) is 13.2 Å². The molecule has 3 rings (SSSR count). The summed E-state index contributed by atoms with van der Waals surface area (Å²) in [6.07, 6.45) is 0.764. The minimum Gasteiger partial charge on any atom is -0.452 e. The standard InChI is InChI=1S/C22H26N2O5S/c1-4-23(5-2)30(27,28)18-11-10-16(3)19(14-18)22(26)29-15-21(25)24-13-12-17-8-6-7-9-20(17)24/h6-11,14H,4-5,12-13,15H2,1-3H3. The molecule has 0 spiro atoms. The molecule has 0 atom stereocenters. The number of nitrogens with zero attached hydrogens (tertiary/aromatic N) is 2. The highest BCUT2D eigenvalue weighted by Gasteiger charge is 2.26. The van der Waals surface area contributed by atoms with Crippen LogP contribution in [0.15, 0.2) is 47.4 Å². The number of anilines is 1. The first kappa shape index (κ1) is 22.0. The average molecular weight is 431 g/mol. The van der Waals surface area contributed by atoms with E-state index in [4.69, 9.17) is 4.74 Å². The molecule has 1 heterocycles. The third-order valence-corrected chi connectivity index (χ3v) is 7.33. The summed E-state index contributed by atoms with van der Waals surface area (Å²) in [4.78, 5) is 26.8. The molecule has 0 bridgehead atoms. The molecule has 1 aliphatic rings. The Hall–Kier alpha value is -2.71. The second-order valence-electron chi connectivity index (χ2n) is 7.07. The zero-order valence-electron chi connectivity index (χ0n) is 17.4. The number of sulfonamides is 1. The van der Waals surface area contributed by atoms with E-state index in [9.17, 15) is 18.0 Å². The first-order valence-corrected chi connectivity index (χ1v) is 11.4. The molecular formula is C22H26N2O5S. The van der Waals surface area contributed by atoms with Crippen LogP contribution >= 0.6 is 0 Å². The molecule has 0 unspecified atom stereocenters. The molecule has 0 N–H and O–H groups in total. The van der Waals surface area contributed by atoms with Crippen LogP contribution in [-0.2, 0) is 26.0 Å². The number of fused-ring (bicyclic) bond motifs is 1. The van der Waals surface area contributed by atoms with Crippen molar-refractivity contribution in [2.24, 2.45) is 0 Å². The van der Waals surface area contributed by atoms with Gasteiger partial charge in [0.05, 0.1) is 10.5 Å². The van der Waals surface area contributed by atoms with Crippen LogP contribution in [0.2, 0.25) is 0 Å². The summed E-state index contributed by atoms with van der Waals surface area (Å²) < 4.78 is 32.1. The van der Waals surface area contributed by atoms with Gasteiger partial charge >= 0.3 is 5.97 Å². The molecule has 7 nitrogen and oxygen atoms in total. The summed E-state index contributed by atoms with van der Waals surface area (Å²) >= 11 is 0. The smallest absolute Gasteiger partial charge is 0.338 e. The Morgan fingerprint density at radius 3 is 2.50 bits per heavy atom. The number of carbonyl (C=O) groups is 2. The largest absolute Gasteiger partial charge is 0.452 e. The van der Waals surface area contributed by atoms with Gasteiger partial charge in [0.2, 0.25) is 10.0 Å². The van der Waals surface area contributed by atoms with Gasteiger partial charge in [-0.1, -0.05) is 38.1 Å². The lowest BCUT2D eigenvalue weighted by molar-refractivity contribution is -0.121. The summed E-state index contributed by atoms with van der Waals surface area (Å²) in [6, 6.07) is 12.0. The van der Waals surface area contributed by atoms with Crippen molar-refractivity contribution in [1.29, 1.82) is 0 Å². The maximum atomic E-state index is 12.8. The third-order valence-electron chi connectivity index (χ3n) is 5.29. The molecule has 0 aliphatic carbocycles. The number of hydrogen-bond donors (Lipinski definition) is 0. The number of ether oxygens (including phenoxy) is 1. The zero-order chi connectivity index (χ0) is 21.9. The molecule has 30 heavy (non-hydrogen) atoms. The van der Waals surface area contributed by atoms with Crippen molar-refractivity contribution in [3.8, 4) is 0 Å². The minimum absolute atomic E-state index is 0.0311. The van der Waals surface area contributed by atoms with Gasteiger partial charge in [0.15, 0.2) is 6.61 Å². The topological polar surface area (TPSA) is 84.0 Å². The van der Waals surface area contributed by atoms with Crippen LogP contribution in [0.4, 0.5) is 5.69 Å². The molecule has 8 heteroatoms. The number of carbonyl (C=O) groups excluding carboxylic acids is 2. The molecule has 0 aromatic heterocycles. The SMILES string of the molecule is CCN(CC)S(=O)(=O)c1ccc(C)c(C(=O)OCC(=O)N2CCc3ccccc32)c1. The molecule has 0 fully saturated rings. The highest BCUT2D eigenvalue weighted by molar-refractivity contribution is 7.89. The van der Waals surface area contributed by atoms with Crippen LogP contribution < -0.4 is 4.90 Å². The van der Waals surface area contributed by atoms with Crippen molar-refractivity contribution in [3.63, 3.8) is 0 Å². The Bertz CT molecular complexity index is 1060. The van der Waals surface area contributed by atoms with Gasteiger partial charge in [-0.05, 0) is 42.7 Å². The Morgan fingerprint density at radius 1 is 1.10 bits per heavy atom. The van der Waals surface area contributed by atoms with E-state index in [0.29, 0.717) is 25.2 Å². The quantitative estimate of drug-likeness (QED) is 0.631. The van der Waals surface area contributed by atoms with E-state index >= 15 is 0 Å². The molecule has 160 valence electrons. The van der Waals surface area contributed by atoms with Gasteiger partial charge in [-0.2, -0.15) is 4.31 Å². The second kappa shape index (κ2) is 8.97. The van der Waals surface area contributed by atoms with E-state index in [-0.39, 0.29) is 16.4 Å². The maximum absolute atomic E-state index is 12.8. The molecule has 0 saturated heterocycles.